The van der Waals surface area contributed by atoms with Gasteiger partial charge in [0.2, 0.25) is 5.91 Å². The van der Waals surface area contributed by atoms with E-state index in [1.807, 2.05) is 0 Å². The molecule has 1 aliphatic heterocycles. The summed E-state index contributed by atoms with van der Waals surface area (Å²) in [6.07, 6.45) is 1.96. The maximum Gasteiger partial charge on any atom is 0.253 e. The number of carbonyl (C=O) groups excluding carboxylic acids is 2. The molecule has 2 amide bonds. The Balaban J connectivity index is 1.42. The monoisotopic (exact) mass is 368 g/mol. The summed E-state index contributed by atoms with van der Waals surface area (Å²) < 4.78 is 14.5. The van der Waals surface area contributed by atoms with Crippen molar-refractivity contribution >= 4 is 23.0 Å². The van der Waals surface area contributed by atoms with Crippen LogP contribution in [-0.2, 0) is 18.4 Å². The van der Waals surface area contributed by atoms with E-state index >= 15 is 0 Å². The second kappa shape index (κ2) is 6.75. The summed E-state index contributed by atoms with van der Waals surface area (Å²) in [5.41, 5.74) is 2.26. The first-order chi connectivity index (χ1) is 13.0. The van der Waals surface area contributed by atoms with Crippen molar-refractivity contribution in [3.63, 3.8) is 0 Å². The van der Waals surface area contributed by atoms with Gasteiger partial charge < -0.3 is 10.2 Å². The van der Waals surface area contributed by atoms with Crippen LogP contribution in [0.2, 0.25) is 0 Å². The number of halogens is 1. The molecule has 9 heteroatoms. The van der Waals surface area contributed by atoms with E-state index in [0.29, 0.717) is 36.2 Å². The smallest absolute Gasteiger partial charge is 0.253 e. The van der Waals surface area contributed by atoms with E-state index in [-0.39, 0.29) is 17.6 Å². The van der Waals surface area contributed by atoms with Crippen molar-refractivity contribution in [3.05, 3.63) is 53.5 Å². The molecule has 0 unspecified atom stereocenters. The molecule has 1 N–H and O–H groups in total. The van der Waals surface area contributed by atoms with E-state index < -0.39 is 6.04 Å². The van der Waals surface area contributed by atoms with Crippen molar-refractivity contribution in [3.8, 4) is 0 Å². The minimum atomic E-state index is -0.587. The van der Waals surface area contributed by atoms with Crippen LogP contribution in [-0.4, -0.2) is 49.3 Å². The Morgan fingerprint density at radius 1 is 1.33 bits per heavy atom. The maximum absolute atomic E-state index is 13.0. The predicted octanol–water partition coefficient (Wildman–Crippen LogP) is 1.03. The average Bonchev–Trinajstić information content (AvgIpc) is 3.20. The van der Waals surface area contributed by atoms with Gasteiger partial charge in [-0.1, -0.05) is 17.3 Å². The largest absolute Gasteiger partial charge is 0.340 e. The van der Waals surface area contributed by atoms with Crippen LogP contribution < -0.4 is 5.32 Å². The quantitative estimate of drug-likeness (QED) is 0.743. The van der Waals surface area contributed by atoms with Gasteiger partial charge in [-0.2, -0.15) is 0 Å². The molecule has 138 valence electrons. The molecule has 0 saturated carbocycles. The van der Waals surface area contributed by atoms with Gasteiger partial charge in [-0.3, -0.25) is 9.59 Å². The fraction of sp³-hybridized carbons (Fsp3) is 0.278. The van der Waals surface area contributed by atoms with Gasteiger partial charge in [-0.05, 0) is 30.2 Å². The first-order valence-corrected chi connectivity index (χ1v) is 8.51. The molecule has 0 aliphatic carbocycles. The molecule has 2 aromatic heterocycles. The maximum atomic E-state index is 13.0. The van der Waals surface area contributed by atoms with Gasteiger partial charge in [0, 0.05) is 26.3 Å². The van der Waals surface area contributed by atoms with Gasteiger partial charge in [-0.15, -0.1) is 5.10 Å². The topological polar surface area (TPSA) is 93.0 Å². The van der Waals surface area contributed by atoms with Crippen LogP contribution in [0.15, 0.2) is 36.5 Å². The summed E-state index contributed by atoms with van der Waals surface area (Å²) in [6.45, 7) is 0.918. The lowest BCUT2D eigenvalue weighted by molar-refractivity contribution is -0.129. The predicted molar refractivity (Wildman–Crippen MR) is 94.0 cm³/mol. The normalized spacial score (nSPS) is 16.9. The van der Waals surface area contributed by atoms with Crippen molar-refractivity contribution in [2.75, 3.05) is 6.54 Å². The lowest BCUT2D eigenvalue weighted by Gasteiger charge is -2.17. The van der Waals surface area contributed by atoms with Crippen LogP contribution in [0.25, 0.3) is 11.2 Å². The van der Waals surface area contributed by atoms with Crippen LogP contribution in [0.1, 0.15) is 22.3 Å². The third-order valence-electron chi connectivity index (χ3n) is 4.59. The van der Waals surface area contributed by atoms with E-state index in [1.165, 1.54) is 23.0 Å². The SMILES string of the molecule is Cn1nnc2cc(C(=O)N[C@H]3CCN(Cc4ccc(F)cc4)C3=O)cnc21. The highest BCUT2D eigenvalue weighted by atomic mass is 19.1. The molecule has 3 aromatic rings. The molecule has 0 bridgehead atoms. The third kappa shape index (κ3) is 3.35. The summed E-state index contributed by atoms with van der Waals surface area (Å²) in [5.74, 6) is -0.844. The molecule has 3 heterocycles. The van der Waals surface area contributed by atoms with Gasteiger partial charge >= 0.3 is 0 Å². The number of hydrogen-bond donors (Lipinski definition) is 1. The van der Waals surface area contributed by atoms with Crippen molar-refractivity contribution in [2.45, 2.75) is 19.0 Å². The van der Waals surface area contributed by atoms with E-state index in [1.54, 1.807) is 30.1 Å². The number of amides is 2. The number of pyridine rings is 1. The number of hydrogen-bond acceptors (Lipinski definition) is 5. The average molecular weight is 368 g/mol. The number of rotatable bonds is 4. The number of nitrogens with one attached hydrogen (secondary N) is 1. The molecule has 1 atom stereocenters. The van der Waals surface area contributed by atoms with Crippen molar-refractivity contribution in [2.24, 2.45) is 7.05 Å². The highest BCUT2D eigenvalue weighted by Crippen LogP contribution is 2.17. The van der Waals surface area contributed by atoms with Crippen LogP contribution in [0.5, 0.6) is 0 Å². The molecule has 0 spiro atoms. The van der Waals surface area contributed by atoms with Gasteiger partial charge in [0.25, 0.3) is 5.91 Å². The highest BCUT2D eigenvalue weighted by Gasteiger charge is 2.33. The number of aromatic nitrogens is 4. The molecular weight excluding hydrogens is 351 g/mol. The van der Waals surface area contributed by atoms with E-state index in [2.05, 4.69) is 20.6 Å². The lowest BCUT2D eigenvalue weighted by atomic mass is 10.2. The summed E-state index contributed by atoms with van der Waals surface area (Å²) in [6, 6.07) is 7.04. The molecule has 1 saturated heterocycles. The van der Waals surface area contributed by atoms with Gasteiger partial charge in [0.1, 0.15) is 17.4 Å². The Morgan fingerprint density at radius 3 is 2.89 bits per heavy atom. The molecule has 8 nitrogen and oxygen atoms in total. The minimum absolute atomic E-state index is 0.152. The number of aryl methyl sites for hydroxylation is 1. The zero-order valence-corrected chi connectivity index (χ0v) is 14.6. The Bertz CT molecular complexity index is 1020. The molecule has 1 aromatic carbocycles. The fourth-order valence-corrected chi connectivity index (χ4v) is 3.13. The first-order valence-electron chi connectivity index (χ1n) is 8.51. The zero-order chi connectivity index (χ0) is 19.0. The van der Waals surface area contributed by atoms with Gasteiger partial charge in [-0.25, -0.2) is 14.1 Å². The number of carbonyl (C=O) groups is 2. The Kier molecular flexibility index (Phi) is 4.27. The third-order valence-corrected chi connectivity index (χ3v) is 4.59. The number of likely N-dealkylation sites (tertiary alicyclic amines) is 1. The van der Waals surface area contributed by atoms with E-state index in [9.17, 15) is 14.0 Å². The Labute approximate surface area is 154 Å². The summed E-state index contributed by atoms with van der Waals surface area (Å²) in [4.78, 5) is 30.9. The number of fused-ring (bicyclic) bond motifs is 1. The van der Waals surface area contributed by atoms with Crippen LogP contribution >= 0.6 is 0 Å². The summed E-state index contributed by atoms with van der Waals surface area (Å²) >= 11 is 0. The number of benzene rings is 1. The zero-order valence-electron chi connectivity index (χ0n) is 14.6. The highest BCUT2D eigenvalue weighted by molar-refractivity contribution is 5.99. The molecular formula is C18H17FN6O2. The second-order valence-corrected chi connectivity index (χ2v) is 6.48. The molecule has 0 radical (unpaired) electrons. The summed E-state index contributed by atoms with van der Waals surface area (Å²) in [7, 11) is 1.72. The Hall–Kier alpha value is -3.36. The van der Waals surface area contributed by atoms with Gasteiger partial charge in [0.05, 0.1) is 5.56 Å². The van der Waals surface area contributed by atoms with Crippen molar-refractivity contribution < 1.29 is 14.0 Å². The molecule has 4 rings (SSSR count). The van der Waals surface area contributed by atoms with Crippen molar-refractivity contribution in [1.29, 1.82) is 0 Å². The van der Waals surface area contributed by atoms with Crippen molar-refractivity contribution in [1.82, 2.24) is 30.2 Å². The Morgan fingerprint density at radius 2 is 2.11 bits per heavy atom. The van der Waals surface area contributed by atoms with E-state index in [4.69, 9.17) is 0 Å². The van der Waals surface area contributed by atoms with Crippen LogP contribution in [0, 0.1) is 5.82 Å². The fourth-order valence-electron chi connectivity index (χ4n) is 3.13. The molecule has 1 fully saturated rings. The van der Waals surface area contributed by atoms with Gasteiger partial charge in [0.15, 0.2) is 5.65 Å². The summed E-state index contributed by atoms with van der Waals surface area (Å²) in [5, 5.41) is 10.6. The minimum Gasteiger partial charge on any atom is -0.340 e. The standard InChI is InChI=1S/C18H17FN6O2/c1-24-16-15(22-23-24)8-12(9-20-16)17(26)21-14-6-7-25(18(14)27)10-11-2-4-13(19)5-3-11/h2-5,8-9,14H,6-7,10H2,1H3,(H,21,26)/t14-/m0/s1. The first kappa shape index (κ1) is 17.1. The molecule has 1 aliphatic rings. The van der Waals surface area contributed by atoms with E-state index in [0.717, 1.165) is 5.56 Å². The lowest BCUT2D eigenvalue weighted by Crippen LogP contribution is -2.41. The van der Waals surface area contributed by atoms with Crippen LogP contribution in [0.4, 0.5) is 4.39 Å². The number of nitrogens with zero attached hydrogens (tertiary/aromatic N) is 5. The second-order valence-electron chi connectivity index (χ2n) is 6.48. The molecule has 27 heavy (non-hydrogen) atoms. The van der Waals surface area contributed by atoms with Crippen LogP contribution in [0.3, 0.4) is 0 Å².